The van der Waals surface area contributed by atoms with Gasteiger partial charge in [0.1, 0.15) is 5.60 Å². The molecule has 0 atom stereocenters. The summed E-state index contributed by atoms with van der Waals surface area (Å²) in [6.07, 6.45) is 4.99. The zero-order valence-corrected chi connectivity index (χ0v) is 16.7. The van der Waals surface area contributed by atoms with Gasteiger partial charge in [0, 0.05) is 18.2 Å². The molecule has 0 saturated heterocycles. The number of anilines is 1. The summed E-state index contributed by atoms with van der Waals surface area (Å²) in [7, 11) is 0. The zero-order chi connectivity index (χ0) is 20.3. The van der Waals surface area contributed by atoms with Crippen LogP contribution in [0.4, 0.5) is 10.5 Å². The molecule has 2 heterocycles. The van der Waals surface area contributed by atoms with Crippen LogP contribution in [-0.4, -0.2) is 30.8 Å². The number of nitrogens with zero attached hydrogens (tertiary/aromatic N) is 1. The molecule has 28 heavy (non-hydrogen) atoms. The maximum atomic E-state index is 12.5. The molecular weight excluding hydrogens is 358 g/mol. The Morgan fingerprint density at radius 1 is 1.21 bits per heavy atom. The molecule has 6 nitrogen and oxygen atoms in total. The molecule has 0 unspecified atom stereocenters. The second-order valence-corrected chi connectivity index (χ2v) is 7.55. The van der Waals surface area contributed by atoms with E-state index < -0.39 is 11.6 Å². The van der Waals surface area contributed by atoms with Crippen LogP contribution >= 0.6 is 0 Å². The highest BCUT2D eigenvalue weighted by Gasteiger charge is 2.29. The normalized spacial score (nSPS) is 14.0. The molecule has 0 saturated carbocycles. The first-order valence-electron chi connectivity index (χ1n) is 9.33. The highest BCUT2D eigenvalue weighted by atomic mass is 16.6. The quantitative estimate of drug-likeness (QED) is 0.571. The summed E-state index contributed by atoms with van der Waals surface area (Å²) < 4.78 is 15.7. The lowest BCUT2D eigenvalue weighted by molar-refractivity contribution is -0.137. The molecule has 3 rings (SSSR count). The number of benzene rings is 1. The molecule has 0 N–H and O–H groups in total. The molecule has 148 valence electrons. The molecule has 1 aliphatic heterocycles. The number of amides is 1. The second-order valence-electron chi connectivity index (χ2n) is 7.55. The van der Waals surface area contributed by atoms with Crippen molar-refractivity contribution in [2.45, 2.75) is 39.7 Å². The van der Waals surface area contributed by atoms with Crippen LogP contribution in [0, 0.1) is 0 Å². The standard InChI is InChI=1S/C22H25NO5/c1-5-27-20(24)13-18(17-9-11-26-14-17)15-6-7-19-16(12-15)8-10-23(19)21(25)28-22(2,3)4/h6-7,9,11-14H,5,8,10H2,1-4H3. The van der Waals surface area contributed by atoms with Gasteiger partial charge in [0.05, 0.1) is 24.8 Å². The summed E-state index contributed by atoms with van der Waals surface area (Å²) in [6, 6.07) is 7.57. The Balaban J connectivity index is 1.92. The van der Waals surface area contributed by atoms with E-state index in [0.717, 1.165) is 28.8 Å². The van der Waals surface area contributed by atoms with Crippen molar-refractivity contribution in [2.75, 3.05) is 18.1 Å². The molecule has 0 radical (unpaired) electrons. The third-order valence-electron chi connectivity index (χ3n) is 4.28. The van der Waals surface area contributed by atoms with Crippen LogP contribution in [0.5, 0.6) is 0 Å². The van der Waals surface area contributed by atoms with Gasteiger partial charge in [-0.25, -0.2) is 9.59 Å². The van der Waals surface area contributed by atoms with Gasteiger partial charge < -0.3 is 13.9 Å². The molecular formula is C22H25NO5. The van der Waals surface area contributed by atoms with Crippen molar-refractivity contribution in [1.29, 1.82) is 0 Å². The van der Waals surface area contributed by atoms with Gasteiger partial charge in [-0.1, -0.05) is 6.07 Å². The van der Waals surface area contributed by atoms with Crippen molar-refractivity contribution in [3.8, 4) is 0 Å². The number of fused-ring (bicyclic) bond motifs is 1. The van der Waals surface area contributed by atoms with E-state index in [9.17, 15) is 9.59 Å². The number of carbonyl (C=O) groups excluding carboxylic acids is 2. The summed E-state index contributed by atoms with van der Waals surface area (Å²) in [5.74, 6) is -0.408. The van der Waals surface area contributed by atoms with Gasteiger partial charge in [-0.2, -0.15) is 0 Å². The summed E-state index contributed by atoms with van der Waals surface area (Å²) in [5.41, 5.74) is 3.68. The van der Waals surface area contributed by atoms with E-state index in [-0.39, 0.29) is 6.09 Å². The molecule has 0 fully saturated rings. The van der Waals surface area contributed by atoms with Crippen molar-refractivity contribution in [1.82, 2.24) is 0 Å². The Kier molecular flexibility index (Phi) is 5.58. The minimum atomic E-state index is -0.545. The lowest BCUT2D eigenvalue weighted by Gasteiger charge is -2.24. The Morgan fingerprint density at radius 3 is 2.64 bits per heavy atom. The number of ether oxygens (including phenoxy) is 2. The van der Waals surface area contributed by atoms with Crippen LogP contribution in [0.2, 0.25) is 0 Å². The lowest BCUT2D eigenvalue weighted by atomic mass is 9.97. The monoisotopic (exact) mass is 383 g/mol. The largest absolute Gasteiger partial charge is 0.472 e. The molecule has 2 aromatic rings. The maximum Gasteiger partial charge on any atom is 0.414 e. The summed E-state index contributed by atoms with van der Waals surface area (Å²) in [5, 5.41) is 0. The van der Waals surface area contributed by atoms with Gasteiger partial charge in [0.15, 0.2) is 0 Å². The fourth-order valence-corrected chi connectivity index (χ4v) is 3.13. The van der Waals surface area contributed by atoms with Crippen LogP contribution in [0.15, 0.2) is 47.3 Å². The average Bonchev–Trinajstić information content (AvgIpc) is 3.27. The van der Waals surface area contributed by atoms with E-state index >= 15 is 0 Å². The Morgan fingerprint density at radius 2 is 2.00 bits per heavy atom. The summed E-state index contributed by atoms with van der Waals surface area (Å²) >= 11 is 0. The SMILES string of the molecule is CCOC(=O)C=C(c1ccoc1)c1ccc2c(c1)CCN2C(=O)OC(C)(C)C. The molecule has 1 aromatic carbocycles. The first kappa shape index (κ1) is 19.7. The van der Waals surface area contributed by atoms with Crippen LogP contribution in [0.25, 0.3) is 5.57 Å². The molecule has 0 spiro atoms. The van der Waals surface area contributed by atoms with Crippen molar-refractivity contribution < 1.29 is 23.5 Å². The topological polar surface area (TPSA) is 69.0 Å². The zero-order valence-electron chi connectivity index (χ0n) is 16.7. The van der Waals surface area contributed by atoms with Gasteiger partial charge in [-0.15, -0.1) is 0 Å². The smallest absolute Gasteiger partial charge is 0.414 e. The number of carbonyl (C=O) groups is 2. The number of esters is 1. The van der Waals surface area contributed by atoms with Crippen LogP contribution < -0.4 is 4.90 Å². The van der Waals surface area contributed by atoms with Crippen molar-refractivity contribution in [3.63, 3.8) is 0 Å². The predicted molar refractivity (Wildman–Crippen MR) is 106 cm³/mol. The van der Waals surface area contributed by atoms with Crippen LogP contribution in [0.1, 0.15) is 44.4 Å². The molecule has 1 aromatic heterocycles. The maximum absolute atomic E-state index is 12.5. The lowest BCUT2D eigenvalue weighted by Crippen LogP contribution is -2.35. The highest BCUT2D eigenvalue weighted by molar-refractivity contribution is 5.97. The minimum Gasteiger partial charge on any atom is -0.472 e. The molecule has 6 heteroatoms. The third kappa shape index (κ3) is 4.44. The average molecular weight is 383 g/mol. The van der Waals surface area contributed by atoms with E-state index in [1.165, 1.54) is 6.08 Å². The van der Waals surface area contributed by atoms with Gasteiger partial charge in [-0.3, -0.25) is 4.90 Å². The first-order valence-corrected chi connectivity index (χ1v) is 9.33. The van der Waals surface area contributed by atoms with Crippen molar-refractivity contribution >= 4 is 23.3 Å². The number of hydrogen-bond acceptors (Lipinski definition) is 5. The fourth-order valence-electron chi connectivity index (χ4n) is 3.13. The van der Waals surface area contributed by atoms with Crippen molar-refractivity contribution in [3.05, 3.63) is 59.6 Å². The highest BCUT2D eigenvalue weighted by Crippen LogP contribution is 2.34. The van der Waals surface area contributed by atoms with E-state index in [1.807, 2.05) is 39.0 Å². The van der Waals surface area contributed by atoms with E-state index in [0.29, 0.717) is 18.7 Å². The Labute approximate surface area is 164 Å². The second kappa shape index (κ2) is 7.92. The van der Waals surface area contributed by atoms with E-state index in [2.05, 4.69) is 0 Å². The van der Waals surface area contributed by atoms with Gasteiger partial charge in [0.2, 0.25) is 0 Å². The summed E-state index contributed by atoms with van der Waals surface area (Å²) in [6.45, 7) is 8.19. The molecule has 1 aliphatic rings. The minimum absolute atomic E-state index is 0.309. The van der Waals surface area contributed by atoms with Crippen molar-refractivity contribution in [2.24, 2.45) is 0 Å². The molecule has 0 bridgehead atoms. The first-order chi connectivity index (χ1) is 13.3. The number of rotatable bonds is 4. The van der Waals surface area contributed by atoms with Gasteiger partial charge >= 0.3 is 12.1 Å². The summed E-state index contributed by atoms with van der Waals surface area (Å²) in [4.78, 5) is 26.1. The Bertz CT molecular complexity index is 890. The third-order valence-corrected chi connectivity index (χ3v) is 4.28. The predicted octanol–water partition coefficient (Wildman–Crippen LogP) is 4.57. The van der Waals surface area contributed by atoms with Crippen LogP contribution in [-0.2, 0) is 20.7 Å². The Hall–Kier alpha value is -3.02. The van der Waals surface area contributed by atoms with E-state index in [4.69, 9.17) is 13.9 Å². The number of furan rings is 1. The number of hydrogen-bond donors (Lipinski definition) is 0. The molecule has 1 amide bonds. The van der Waals surface area contributed by atoms with E-state index in [1.54, 1.807) is 30.4 Å². The van der Waals surface area contributed by atoms with Gasteiger partial charge in [0.25, 0.3) is 0 Å². The van der Waals surface area contributed by atoms with Gasteiger partial charge in [-0.05, 0) is 69.0 Å². The van der Waals surface area contributed by atoms with Crippen LogP contribution in [0.3, 0.4) is 0 Å². The molecule has 0 aliphatic carbocycles. The fraction of sp³-hybridized carbons (Fsp3) is 0.364.